The maximum Gasteiger partial charge on any atom is 0.416 e. The molecule has 13 heteroatoms. The Morgan fingerprint density at radius 3 is 2.18 bits per heavy atom. The smallest absolute Gasteiger partial charge is 0.416 e. The van der Waals surface area contributed by atoms with Crippen LogP contribution in [0.4, 0.5) is 24.5 Å². The standard InChI is InChI=1S/C21H23F3N2O6S2/c1-32-20(27)14-6-9-18(33(2,28)29)19(12-14)34(30,31)25-16-13-15(21(22,23)24)7-8-17(16)26-10-4-3-5-11-26/h6-9,12-13,25H,3-5,10-11H2,1-2H3. The monoisotopic (exact) mass is 520 g/mol. The molecule has 8 nitrogen and oxygen atoms in total. The summed E-state index contributed by atoms with van der Waals surface area (Å²) in [7, 11) is -7.77. The van der Waals surface area contributed by atoms with Crippen LogP contribution in [0.3, 0.4) is 0 Å². The third kappa shape index (κ3) is 5.63. The van der Waals surface area contributed by atoms with Crippen molar-refractivity contribution >= 4 is 37.2 Å². The van der Waals surface area contributed by atoms with E-state index < -0.39 is 47.4 Å². The first-order valence-electron chi connectivity index (χ1n) is 10.2. The van der Waals surface area contributed by atoms with Crippen molar-refractivity contribution < 1.29 is 39.5 Å². The van der Waals surface area contributed by atoms with Crippen molar-refractivity contribution in [2.45, 2.75) is 35.2 Å². The predicted octanol–water partition coefficient (Wildman–Crippen LogP) is 3.69. The molecule has 186 valence electrons. The van der Waals surface area contributed by atoms with Gasteiger partial charge in [0, 0.05) is 19.3 Å². The highest BCUT2D eigenvalue weighted by atomic mass is 32.2. The van der Waals surface area contributed by atoms with Crippen LogP contribution in [0.25, 0.3) is 0 Å². The van der Waals surface area contributed by atoms with Crippen molar-refractivity contribution in [3.63, 3.8) is 0 Å². The van der Waals surface area contributed by atoms with Gasteiger partial charge in [-0.05, 0) is 55.7 Å². The summed E-state index contributed by atoms with van der Waals surface area (Å²) in [4.78, 5) is 12.3. The zero-order valence-corrected chi connectivity index (χ0v) is 20.0. The van der Waals surface area contributed by atoms with E-state index in [-0.39, 0.29) is 16.9 Å². The van der Waals surface area contributed by atoms with Crippen LogP contribution in [0.5, 0.6) is 0 Å². The first kappa shape index (κ1) is 25.8. The fourth-order valence-corrected chi connectivity index (χ4v) is 6.37. The second-order valence-corrected chi connectivity index (χ2v) is 11.4. The molecule has 0 spiro atoms. The lowest BCUT2D eigenvalue weighted by Crippen LogP contribution is -2.30. The Labute approximate surface area is 195 Å². The number of nitrogens with zero attached hydrogens (tertiary/aromatic N) is 1. The largest absolute Gasteiger partial charge is 0.465 e. The number of anilines is 2. The molecule has 1 saturated heterocycles. The minimum absolute atomic E-state index is 0.237. The van der Waals surface area contributed by atoms with Crippen LogP contribution in [0.15, 0.2) is 46.2 Å². The molecule has 0 amide bonds. The lowest BCUT2D eigenvalue weighted by atomic mass is 10.1. The van der Waals surface area contributed by atoms with Gasteiger partial charge < -0.3 is 9.64 Å². The number of carbonyl (C=O) groups is 1. The number of alkyl halides is 3. The maximum absolute atomic E-state index is 13.4. The van der Waals surface area contributed by atoms with E-state index in [4.69, 9.17) is 0 Å². The van der Waals surface area contributed by atoms with Crippen molar-refractivity contribution in [3.8, 4) is 0 Å². The Balaban J connectivity index is 2.17. The molecule has 1 aliphatic rings. The second kappa shape index (κ2) is 9.45. The van der Waals surface area contributed by atoms with Gasteiger partial charge in [-0.3, -0.25) is 4.72 Å². The summed E-state index contributed by atoms with van der Waals surface area (Å²) in [6.45, 7) is 1.04. The van der Waals surface area contributed by atoms with E-state index in [2.05, 4.69) is 9.46 Å². The van der Waals surface area contributed by atoms with Gasteiger partial charge in [0.25, 0.3) is 10.0 Å². The summed E-state index contributed by atoms with van der Waals surface area (Å²) >= 11 is 0. The van der Waals surface area contributed by atoms with Crippen LogP contribution in [0.1, 0.15) is 35.2 Å². The molecule has 34 heavy (non-hydrogen) atoms. The van der Waals surface area contributed by atoms with Crippen LogP contribution < -0.4 is 9.62 Å². The normalized spacial score (nSPS) is 15.1. The van der Waals surface area contributed by atoms with Crippen LogP contribution in [0, 0.1) is 0 Å². The number of benzene rings is 2. The molecule has 3 rings (SSSR count). The van der Waals surface area contributed by atoms with Crippen molar-refractivity contribution in [3.05, 3.63) is 47.5 Å². The van der Waals surface area contributed by atoms with Crippen LogP contribution in [-0.2, 0) is 30.8 Å². The lowest BCUT2D eigenvalue weighted by molar-refractivity contribution is -0.137. The van der Waals surface area contributed by atoms with E-state index in [1.165, 1.54) is 6.07 Å². The molecule has 1 heterocycles. The number of nitrogens with one attached hydrogen (secondary N) is 1. The summed E-state index contributed by atoms with van der Waals surface area (Å²) < 4.78 is 97.9. The first-order valence-corrected chi connectivity index (χ1v) is 13.5. The number of sulfone groups is 1. The van der Waals surface area contributed by atoms with Gasteiger partial charge in [-0.15, -0.1) is 0 Å². The summed E-state index contributed by atoms with van der Waals surface area (Å²) in [5.74, 6) is -0.912. The number of carbonyl (C=O) groups excluding carboxylic acids is 1. The Morgan fingerprint density at radius 2 is 1.62 bits per heavy atom. The fourth-order valence-electron chi connectivity index (χ4n) is 3.67. The Morgan fingerprint density at radius 1 is 0.971 bits per heavy atom. The Hall–Kier alpha value is -2.80. The number of ether oxygens (including phenoxy) is 1. The number of sulfonamides is 1. The van der Waals surface area contributed by atoms with Crippen molar-refractivity contribution in [2.75, 3.05) is 36.1 Å². The topological polar surface area (TPSA) is 110 Å². The summed E-state index contributed by atoms with van der Waals surface area (Å²) in [6, 6.07) is 5.57. The van der Waals surface area contributed by atoms with E-state index in [0.717, 1.165) is 56.9 Å². The van der Waals surface area contributed by atoms with E-state index in [1.54, 1.807) is 4.90 Å². The molecule has 0 saturated carbocycles. The molecule has 0 bridgehead atoms. The summed E-state index contributed by atoms with van der Waals surface area (Å²) in [5.41, 5.74) is -1.42. The highest BCUT2D eigenvalue weighted by Crippen LogP contribution is 2.37. The number of methoxy groups -OCH3 is 1. The third-order valence-corrected chi connectivity index (χ3v) is 8.01. The van der Waals surface area contributed by atoms with Gasteiger partial charge in [0.15, 0.2) is 9.84 Å². The number of hydrogen-bond acceptors (Lipinski definition) is 7. The number of halogens is 3. The molecule has 0 radical (unpaired) electrons. The number of esters is 1. The second-order valence-electron chi connectivity index (χ2n) is 7.81. The van der Waals surface area contributed by atoms with Gasteiger partial charge in [0.05, 0.1) is 34.5 Å². The first-order chi connectivity index (χ1) is 15.7. The highest BCUT2D eigenvalue weighted by Gasteiger charge is 2.33. The van der Waals surface area contributed by atoms with Crippen molar-refractivity contribution in [1.82, 2.24) is 0 Å². The number of piperidine rings is 1. The van der Waals surface area contributed by atoms with E-state index in [1.807, 2.05) is 0 Å². The number of rotatable bonds is 6. The zero-order valence-electron chi connectivity index (χ0n) is 18.3. The molecule has 2 aromatic rings. The Bertz CT molecular complexity index is 1300. The van der Waals surface area contributed by atoms with Crippen molar-refractivity contribution in [2.24, 2.45) is 0 Å². The molecular weight excluding hydrogens is 497 g/mol. The SMILES string of the molecule is COC(=O)c1ccc(S(C)(=O)=O)c(S(=O)(=O)Nc2cc(C(F)(F)F)ccc2N2CCCCC2)c1. The lowest BCUT2D eigenvalue weighted by Gasteiger charge is -2.31. The van der Waals surface area contributed by atoms with Crippen LogP contribution in [0.2, 0.25) is 0 Å². The van der Waals surface area contributed by atoms with Gasteiger partial charge in [0.2, 0.25) is 0 Å². The number of hydrogen-bond donors (Lipinski definition) is 1. The molecule has 1 aliphatic heterocycles. The summed E-state index contributed by atoms with van der Waals surface area (Å²) in [6.07, 6.45) is -1.44. The molecule has 0 aliphatic carbocycles. The molecule has 1 fully saturated rings. The van der Waals surface area contributed by atoms with E-state index in [9.17, 15) is 34.8 Å². The minimum atomic E-state index is -4.75. The molecule has 0 atom stereocenters. The third-order valence-electron chi connectivity index (χ3n) is 5.32. The Kier molecular flexibility index (Phi) is 7.18. The van der Waals surface area contributed by atoms with Crippen molar-refractivity contribution in [1.29, 1.82) is 0 Å². The van der Waals surface area contributed by atoms with Gasteiger partial charge in [-0.25, -0.2) is 21.6 Å². The predicted molar refractivity (Wildman–Crippen MR) is 119 cm³/mol. The molecule has 0 unspecified atom stereocenters. The van der Waals surface area contributed by atoms with E-state index >= 15 is 0 Å². The maximum atomic E-state index is 13.4. The fraction of sp³-hybridized carbons (Fsp3) is 0.381. The molecule has 2 aromatic carbocycles. The quantitative estimate of drug-likeness (QED) is 0.579. The molecule has 0 aromatic heterocycles. The highest BCUT2D eigenvalue weighted by molar-refractivity contribution is 7.95. The van der Waals surface area contributed by atoms with Crippen LogP contribution in [-0.4, -0.2) is 49.3 Å². The average molecular weight is 521 g/mol. The van der Waals surface area contributed by atoms with Gasteiger partial charge in [-0.2, -0.15) is 13.2 Å². The van der Waals surface area contributed by atoms with Gasteiger partial charge in [-0.1, -0.05) is 0 Å². The average Bonchev–Trinajstić information content (AvgIpc) is 2.77. The zero-order chi connectivity index (χ0) is 25.3. The summed E-state index contributed by atoms with van der Waals surface area (Å²) in [5, 5.41) is 0. The molecular formula is C21H23F3N2O6S2. The van der Waals surface area contributed by atoms with Gasteiger partial charge >= 0.3 is 12.1 Å². The minimum Gasteiger partial charge on any atom is -0.465 e. The van der Waals surface area contributed by atoms with Gasteiger partial charge in [0.1, 0.15) is 4.90 Å². The molecule has 1 N–H and O–H groups in total. The van der Waals surface area contributed by atoms with E-state index in [0.29, 0.717) is 19.2 Å². The van der Waals surface area contributed by atoms with Crippen LogP contribution >= 0.6 is 0 Å².